The summed E-state index contributed by atoms with van der Waals surface area (Å²) in [4.78, 5) is 2.34. The lowest BCUT2D eigenvalue weighted by atomic mass is 9.98. The molecule has 2 heterocycles. The van der Waals surface area contributed by atoms with Gasteiger partial charge in [0.1, 0.15) is 16.7 Å². The molecule has 0 aliphatic carbocycles. The molecule has 0 bridgehead atoms. The number of fused-ring (bicyclic) bond motifs is 8. The second-order valence-corrected chi connectivity index (χ2v) is 12.1. The highest BCUT2D eigenvalue weighted by Crippen LogP contribution is 2.46. The first kappa shape index (κ1) is 26.0. The van der Waals surface area contributed by atoms with Crippen LogP contribution in [0.5, 0.6) is 0 Å². The highest BCUT2D eigenvalue weighted by Gasteiger charge is 2.22. The van der Waals surface area contributed by atoms with Crippen molar-refractivity contribution in [2.24, 2.45) is 0 Å². The van der Waals surface area contributed by atoms with E-state index in [2.05, 4.69) is 144 Å². The Morgan fingerprint density at radius 2 is 0.979 bits per heavy atom. The van der Waals surface area contributed by atoms with Gasteiger partial charge in [-0.15, -0.1) is 0 Å². The maximum atomic E-state index is 6.62. The molecule has 47 heavy (non-hydrogen) atoms. The standard InChI is InChI=1S/C44H27NO2/c1-2-13-32-28(10-1)11-7-16-33(32)29-22-24-31(25-23-29)45(40-19-9-17-36-34-14-3-6-21-42(34)47-44(36)40)39-18-8-12-30-26-43-38(27-37(30)39)35-15-4-5-20-41(35)46-43/h1-27H. The first-order chi connectivity index (χ1) is 23.3. The third kappa shape index (κ3) is 4.00. The van der Waals surface area contributed by atoms with E-state index in [9.17, 15) is 0 Å². The lowest BCUT2D eigenvalue weighted by Gasteiger charge is -2.27. The lowest BCUT2D eigenvalue weighted by molar-refractivity contribution is 0.669. The summed E-state index contributed by atoms with van der Waals surface area (Å²) >= 11 is 0. The van der Waals surface area contributed by atoms with Crippen LogP contribution in [-0.2, 0) is 0 Å². The fourth-order valence-corrected chi connectivity index (χ4v) is 7.26. The average Bonchev–Trinajstić information content (AvgIpc) is 3.69. The average molecular weight is 602 g/mol. The van der Waals surface area contributed by atoms with Crippen LogP contribution in [0.1, 0.15) is 0 Å². The molecular formula is C44H27NO2. The largest absolute Gasteiger partial charge is 0.456 e. The van der Waals surface area contributed by atoms with E-state index in [1.165, 1.54) is 21.9 Å². The van der Waals surface area contributed by atoms with Gasteiger partial charge in [0.15, 0.2) is 5.58 Å². The van der Waals surface area contributed by atoms with E-state index >= 15 is 0 Å². The van der Waals surface area contributed by atoms with Crippen LogP contribution in [0.25, 0.3) is 76.5 Å². The maximum Gasteiger partial charge on any atom is 0.159 e. The van der Waals surface area contributed by atoms with Gasteiger partial charge in [0.2, 0.25) is 0 Å². The Labute approximate surface area is 270 Å². The van der Waals surface area contributed by atoms with Crippen molar-refractivity contribution in [2.75, 3.05) is 4.90 Å². The van der Waals surface area contributed by atoms with Gasteiger partial charge in [-0.05, 0) is 75.8 Å². The molecular weight excluding hydrogens is 574 g/mol. The highest BCUT2D eigenvalue weighted by atomic mass is 16.3. The summed E-state index contributed by atoms with van der Waals surface area (Å²) in [5.41, 5.74) is 9.03. The number of para-hydroxylation sites is 3. The number of furan rings is 2. The van der Waals surface area contributed by atoms with E-state index in [0.717, 1.165) is 71.7 Å². The molecule has 0 aliphatic heterocycles. The van der Waals surface area contributed by atoms with Crippen LogP contribution in [0.15, 0.2) is 173 Å². The molecule has 8 aromatic carbocycles. The lowest BCUT2D eigenvalue weighted by Crippen LogP contribution is -2.10. The summed E-state index contributed by atoms with van der Waals surface area (Å²) < 4.78 is 12.9. The van der Waals surface area contributed by atoms with E-state index in [0.29, 0.717) is 0 Å². The van der Waals surface area contributed by atoms with Crippen LogP contribution < -0.4 is 4.90 Å². The second kappa shape index (κ2) is 10.1. The van der Waals surface area contributed by atoms with Crippen LogP contribution in [0.2, 0.25) is 0 Å². The SMILES string of the molecule is c1ccc2c(-c3ccc(N(c4cccc5cc6oc7ccccc7c6cc45)c4cccc5c4oc4ccccc45)cc3)cccc2c1. The predicted molar refractivity (Wildman–Crippen MR) is 196 cm³/mol. The van der Waals surface area contributed by atoms with E-state index in [1.807, 2.05) is 24.3 Å². The Kier molecular flexibility index (Phi) is 5.57. The molecule has 0 unspecified atom stereocenters. The molecule has 220 valence electrons. The minimum absolute atomic E-state index is 0.860. The fourth-order valence-electron chi connectivity index (χ4n) is 7.26. The van der Waals surface area contributed by atoms with Crippen LogP contribution in [0, 0.1) is 0 Å². The zero-order chi connectivity index (χ0) is 30.9. The summed E-state index contributed by atoms with van der Waals surface area (Å²) in [6.07, 6.45) is 0. The van der Waals surface area contributed by atoms with Crippen molar-refractivity contribution in [2.45, 2.75) is 0 Å². The summed E-state index contributed by atoms with van der Waals surface area (Å²) in [6.45, 7) is 0. The summed E-state index contributed by atoms with van der Waals surface area (Å²) in [5.74, 6) is 0. The molecule has 0 aliphatic rings. The van der Waals surface area contributed by atoms with Gasteiger partial charge in [-0.2, -0.15) is 0 Å². The van der Waals surface area contributed by atoms with Gasteiger partial charge in [0, 0.05) is 32.6 Å². The molecule has 0 atom stereocenters. The van der Waals surface area contributed by atoms with Crippen molar-refractivity contribution in [3.8, 4) is 11.1 Å². The molecule has 0 N–H and O–H groups in total. The number of anilines is 3. The van der Waals surface area contributed by atoms with Crippen molar-refractivity contribution in [1.82, 2.24) is 0 Å². The Bertz CT molecular complexity index is 2800. The fraction of sp³-hybridized carbons (Fsp3) is 0. The monoisotopic (exact) mass is 601 g/mol. The number of benzene rings is 8. The molecule has 0 radical (unpaired) electrons. The highest BCUT2D eigenvalue weighted by molar-refractivity contribution is 6.15. The smallest absolute Gasteiger partial charge is 0.159 e. The summed E-state index contributed by atoms with van der Waals surface area (Å²) in [6, 6.07) is 57.9. The first-order valence-electron chi connectivity index (χ1n) is 15.9. The van der Waals surface area contributed by atoms with E-state index in [-0.39, 0.29) is 0 Å². The molecule has 2 aromatic heterocycles. The molecule has 10 aromatic rings. The van der Waals surface area contributed by atoms with Crippen molar-refractivity contribution in [3.05, 3.63) is 164 Å². The number of hydrogen-bond acceptors (Lipinski definition) is 3. The normalized spacial score (nSPS) is 11.8. The molecule has 0 saturated carbocycles. The van der Waals surface area contributed by atoms with Crippen LogP contribution in [0.3, 0.4) is 0 Å². The molecule has 0 amide bonds. The zero-order valence-electron chi connectivity index (χ0n) is 25.4. The van der Waals surface area contributed by atoms with E-state index in [4.69, 9.17) is 8.83 Å². The number of nitrogens with zero attached hydrogens (tertiary/aromatic N) is 1. The summed E-state index contributed by atoms with van der Waals surface area (Å²) in [7, 11) is 0. The van der Waals surface area contributed by atoms with Crippen molar-refractivity contribution >= 4 is 82.5 Å². The van der Waals surface area contributed by atoms with E-state index < -0.39 is 0 Å². The number of hydrogen-bond donors (Lipinski definition) is 0. The van der Waals surface area contributed by atoms with Crippen molar-refractivity contribution in [1.29, 1.82) is 0 Å². The molecule has 0 fully saturated rings. The minimum atomic E-state index is 0.860. The molecule has 10 rings (SSSR count). The molecule has 0 saturated heterocycles. The van der Waals surface area contributed by atoms with Gasteiger partial charge in [0.25, 0.3) is 0 Å². The first-order valence-corrected chi connectivity index (χ1v) is 15.9. The topological polar surface area (TPSA) is 29.5 Å². The third-order valence-corrected chi connectivity index (χ3v) is 9.45. The molecule has 3 nitrogen and oxygen atoms in total. The quantitative estimate of drug-likeness (QED) is 0.201. The van der Waals surface area contributed by atoms with Crippen molar-refractivity contribution in [3.63, 3.8) is 0 Å². The maximum absolute atomic E-state index is 6.62. The van der Waals surface area contributed by atoms with Gasteiger partial charge in [-0.1, -0.05) is 115 Å². The molecule has 3 heteroatoms. The number of rotatable bonds is 4. The third-order valence-electron chi connectivity index (χ3n) is 9.45. The Morgan fingerprint density at radius 1 is 0.362 bits per heavy atom. The van der Waals surface area contributed by atoms with Crippen LogP contribution in [-0.4, -0.2) is 0 Å². The van der Waals surface area contributed by atoms with Gasteiger partial charge >= 0.3 is 0 Å². The zero-order valence-corrected chi connectivity index (χ0v) is 25.4. The Hall–Kier alpha value is -6.32. The van der Waals surface area contributed by atoms with Gasteiger partial charge in [0.05, 0.1) is 11.4 Å². The summed E-state index contributed by atoms with van der Waals surface area (Å²) in [5, 5.41) is 9.16. The Morgan fingerprint density at radius 3 is 1.83 bits per heavy atom. The predicted octanol–water partition coefficient (Wildman–Crippen LogP) is 12.9. The van der Waals surface area contributed by atoms with Gasteiger partial charge in [-0.25, -0.2) is 0 Å². The Balaban J connectivity index is 1.23. The van der Waals surface area contributed by atoms with Gasteiger partial charge in [-0.3, -0.25) is 0 Å². The minimum Gasteiger partial charge on any atom is -0.456 e. The van der Waals surface area contributed by atoms with Crippen molar-refractivity contribution < 1.29 is 8.83 Å². The molecule has 0 spiro atoms. The van der Waals surface area contributed by atoms with E-state index in [1.54, 1.807) is 0 Å². The second-order valence-electron chi connectivity index (χ2n) is 12.1. The van der Waals surface area contributed by atoms with Gasteiger partial charge < -0.3 is 13.7 Å². The van der Waals surface area contributed by atoms with Crippen LogP contribution in [0.4, 0.5) is 17.1 Å². The van der Waals surface area contributed by atoms with Crippen LogP contribution >= 0.6 is 0 Å².